The minimum Gasteiger partial charge on any atom is -0.347 e. The molecule has 0 bridgehead atoms. The Bertz CT molecular complexity index is 260. The zero-order valence-corrected chi connectivity index (χ0v) is 10.2. The van der Waals surface area contributed by atoms with Gasteiger partial charge in [-0.05, 0) is 26.3 Å². The summed E-state index contributed by atoms with van der Waals surface area (Å²) in [4.78, 5) is 24.8. The molecule has 2 atom stereocenters. The van der Waals surface area contributed by atoms with E-state index >= 15 is 0 Å². The largest absolute Gasteiger partial charge is 0.347 e. The Balaban J connectivity index is 2.40. The van der Waals surface area contributed by atoms with Gasteiger partial charge in [0.1, 0.15) is 6.04 Å². The van der Waals surface area contributed by atoms with Gasteiger partial charge < -0.3 is 15.5 Å². The van der Waals surface area contributed by atoms with Gasteiger partial charge in [0.25, 0.3) is 0 Å². The molecule has 0 spiro atoms. The highest BCUT2D eigenvalue weighted by molar-refractivity contribution is 5.89. The van der Waals surface area contributed by atoms with Gasteiger partial charge in [0.15, 0.2) is 0 Å². The predicted octanol–water partition coefficient (Wildman–Crippen LogP) is -0.279. The fourth-order valence-electron chi connectivity index (χ4n) is 1.84. The lowest BCUT2D eigenvalue weighted by Crippen LogP contribution is -2.52. The third-order valence-corrected chi connectivity index (χ3v) is 2.80. The Morgan fingerprint density at radius 1 is 1.38 bits per heavy atom. The standard InChI is InChI=1S/C11H21N3O2/c1-8(11(16)14(2)3)13-10(15)9-6-4-5-7-12-9/h8-9,12H,4-7H2,1-3H3,(H,13,15)/t8?,9-/m0/s1. The highest BCUT2D eigenvalue weighted by Gasteiger charge is 2.24. The van der Waals surface area contributed by atoms with Gasteiger partial charge in [-0.15, -0.1) is 0 Å². The molecule has 0 saturated carbocycles. The summed E-state index contributed by atoms with van der Waals surface area (Å²) in [5.41, 5.74) is 0. The van der Waals surface area contributed by atoms with E-state index in [-0.39, 0.29) is 17.9 Å². The van der Waals surface area contributed by atoms with E-state index in [4.69, 9.17) is 0 Å². The van der Waals surface area contributed by atoms with Crippen LogP contribution in [-0.2, 0) is 9.59 Å². The Morgan fingerprint density at radius 3 is 2.56 bits per heavy atom. The molecular weight excluding hydrogens is 206 g/mol. The summed E-state index contributed by atoms with van der Waals surface area (Å²) in [6, 6.07) is -0.586. The van der Waals surface area contributed by atoms with Crippen LogP contribution in [-0.4, -0.2) is 49.4 Å². The predicted molar refractivity (Wildman–Crippen MR) is 61.9 cm³/mol. The van der Waals surface area contributed by atoms with Crippen LogP contribution in [0.3, 0.4) is 0 Å². The second-order valence-corrected chi connectivity index (χ2v) is 4.47. The second kappa shape index (κ2) is 5.84. The zero-order valence-electron chi connectivity index (χ0n) is 10.2. The molecule has 0 aromatic heterocycles. The van der Waals surface area contributed by atoms with E-state index in [9.17, 15) is 9.59 Å². The third kappa shape index (κ3) is 3.48. The molecule has 2 amide bonds. The maximum Gasteiger partial charge on any atom is 0.244 e. The first kappa shape index (κ1) is 13.0. The molecule has 92 valence electrons. The number of rotatable bonds is 3. The molecule has 0 radical (unpaired) electrons. The average molecular weight is 227 g/mol. The molecular formula is C11H21N3O2. The first-order valence-electron chi connectivity index (χ1n) is 5.77. The maximum atomic E-state index is 11.8. The lowest BCUT2D eigenvalue weighted by molar-refractivity contribution is -0.134. The molecule has 1 aliphatic heterocycles. The molecule has 2 N–H and O–H groups in total. The van der Waals surface area contributed by atoms with Gasteiger partial charge in [-0.1, -0.05) is 6.42 Å². The molecule has 1 saturated heterocycles. The van der Waals surface area contributed by atoms with Crippen molar-refractivity contribution >= 4 is 11.8 Å². The number of hydrogen-bond donors (Lipinski definition) is 2. The maximum absolute atomic E-state index is 11.8. The van der Waals surface area contributed by atoms with Gasteiger partial charge in [0.2, 0.25) is 11.8 Å². The molecule has 1 fully saturated rings. The number of carbonyl (C=O) groups is 2. The summed E-state index contributed by atoms with van der Waals surface area (Å²) in [7, 11) is 3.37. The van der Waals surface area contributed by atoms with Crippen LogP contribution in [0.2, 0.25) is 0 Å². The lowest BCUT2D eigenvalue weighted by atomic mass is 10.0. The van der Waals surface area contributed by atoms with Crippen molar-refractivity contribution in [3.05, 3.63) is 0 Å². The monoisotopic (exact) mass is 227 g/mol. The lowest BCUT2D eigenvalue weighted by Gasteiger charge is -2.25. The van der Waals surface area contributed by atoms with Crippen LogP contribution in [0.4, 0.5) is 0 Å². The van der Waals surface area contributed by atoms with E-state index in [0.717, 1.165) is 25.8 Å². The van der Waals surface area contributed by atoms with Crippen LogP contribution >= 0.6 is 0 Å². The molecule has 16 heavy (non-hydrogen) atoms. The Kier molecular flexibility index (Phi) is 4.73. The first-order valence-corrected chi connectivity index (χ1v) is 5.77. The fourth-order valence-corrected chi connectivity index (χ4v) is 1.84. The topological polar surface area (TPSA) is 61.4 Å². The minimum atomic E-state index is -0.453. The molecule has 1 rings (SSSR count). The highest BCUT2D eigenvalue weighted by Crippen LogP contribution is 2.07. The molecule has 1 aliphatic rings. The first-order chi connectivity index (χ1) is 7.52. The quantitative estimate of drug-likeness (QED) is 0.697. The second-order valence-electron chi connectivity index (χ2n) is 4.47. The van der Waals surface area contributed by atoms with E-state index in [0.29, 0.717) is 0 Å². The van der Waals surface area contributed by atoms with Gasteiger partial charge in [-0.25, -0.2) is 0 Å². The van der Waals surface area contributed by atoms with Crippen LogP contribution in [0.15, 0.2) is 0 Å². The van der Waals surface area contributed by atoms with Crippen LogP contribution in [0, 0.1) is 0 Å². The minimum absolute atomic E-state index is 0.0672. The molecule has 0 aliphatic carbocycles. The Morgan fingerprint density at radius 2 is 2.06 bits per heavy atom. The van der Waals surface area contributed by atoms with Gasteiger partial charge >= 0.3 is 0 Å². The molecule has 5 nitrogen and oxygen atoms in total. The molecule has 1 unspecified atom stereocenters. The van der Waals surface area contributed by atoms with Crippen molar-refractivity contribution in [1.82, 2.24) is 15.5 Å². The van der Waals surface area contributed by atoms with Crippen molar-refractivity contribution in [2.45, 2.75) is 38.3 Å². The highest BCUT2D eigenvalue weighted by atomic mass is 16.2. The summed E-state index contributed by atoms with van der Waals surface area (Å²) in [6.45, 7) is 2.59. The number of likely N-dealkylation sites (N-methyl/N-ethyl adjacent to an activating group) is 1. The molecule has 0 aromatic carbocycles. The summed E-state index contributed by atoms with van der Waals surface area (Å²) in [5, 5.41) is 5.89. The summed E-state index contributed by atoms with van der Waals surface area (Å²) in [6.07, 6.45) is 3.05. The van der Waals surface area contributed by atoms with Crippen LogP contribution in [0.1, 0.15) is 26.2 Å². The van der Waals surface area contributed by atoms with E-state index in [1.54, 1.807) is 21.0 Å². The van der Waals surface area contributed by atoms with Crippen LogP contribution in [0.25, 0.3) is 0 Å². The zero-order chi connectivity index (χ0) is 12.1. The smallest absolute Gasteiger partial charge is 0.244 e. The van der Waals surface area contributed by atoms with Crippen molar-refractivity contribution in [3.63, 3.8) is 0 Å². The van der Waals surface area contributed by atoms with Crippen molar-refractivity contribution in [2.24, 2.45) is 0 Å². The van der Waals surface area contributed by atoms with E-state index in [1.165, 1.54) is 4.90 Å². The molecule has 1 heterocycles. The SMILES string of the molecule is CC(NC(=O)[C@@H]1CCCCN1)C(=O)N(C)C. The van der Waals surface area contributed by atoms with E-state index in [1.807, 2.05) is 0 Å². The summed E-state index contributed by atoms with van der Waals surface area (Å²) in [5.74, 6) is -0.147. The van der Waals surface area contributed by atoms with Crippen molar-refractivity contribution < 1.29 is 9.59 Å². The van der Waals surface area contributed by atoms with Crippen molar-refractivity contribution in [1.29, 1.82) is 0 Å². The van der Waals surface area contributed by atoms with Gasteiger partial charge in [0, 0.05) is 14.1 Å². The number of amides is 2. The van der Waals surface area contributed by atoms with Crippen molar-refractivity contribution in [3.8, 4) is 0 Å². The van der Waals surface area contributed by atoms with Gasteiger partial charge in [-0.2, -0.15) is 0 Å². The van der Waals surface area contributed by atoms with Crippen LogP contribution < -0.4 is 10.6 Å². The van der Waals surface area contributed by atoms with Gasteiger partial charge in [0.05, 0.1) is 6.04 Å². The molecule has 0 aromatic rings. The van der Waals surface area contributed by atoms with E-state index in [2.05, 4.69) is 10.6 Å². The number of hydrogen-bond acceptors (Lipinski definition) is 3. The number of nitrogens with one attached hydrogen (secondary N) is 2. The molecule has 5 heteroatoms. The van der Waals surface area contributed by atoms with Crippen molar-refractivity contribution in [2.75, 3.05) is 20.6 Å². The number of nitrogens with zero attached hydrogens (tertiary/aromatic N) is 1. The normalized spacial score (nSPS) is 22.3. The van der Waals surface area contributed by atoms with Gasteiger partial charge in [-0.3, -0.25) is 9.59 Å². The third-order valence-electron chi connectivity index (χ3n) is 2.80. The van der Waals surface area contributed by atoms with Crippen LogP contribution in [0.5, 0.6) is 0 Å². The summed E-state index contributed by atoms with van der Waals surface area (Å²) < 4.78 is 0. The Labute approximate surface area is 96.6 Å². The Hall–Kier alpha value is -1.10. The number of carbonyl (C=O) groups excluding carboxylic acids is 2. The van der Waals surface area contributed by atoms with E-state index < -0.39 is 6.04 Å². The average Bonchev–Trinajstić information content (AvgIpc) is 2.28. The fraction of sp³-hybridized carbons (Fsp3) is 0.818. The summed E-state index contributed by atoms with van der Waals surface area (Å²) >= 11 is 0. The number of piperidine rings is 1.